The van der Waals surface area contributed by atoms with E-state index in [4.69, 9.17) is 14.6 Å². The lowest BCUT2D eigenvalue weighted by atomic mass is 9.85. The minimum atomic E-state index is -2.57. The van der Waals surface area contributed by atoms with Crippen molar-refractivity contribution in [2.24, 2.45) is 0 Å². The third-order valence-corrected chi connectivity index (χ3v) is 8.18. The van der Waals surface area contributed by atoms with Crippen molar-refractivity contribution in [3.05, 3.63) is 44.7 Å². The number of aromatic nitrogens is 2. The molecule has 1 fully saturated rings. The zero-order valence-corrected chi connectivity index (χ0v) is 23.4. The predicted octanol–water partition coefficient (Wildman–Crippen LogP) is 6.89. The van der Waals surface area contributed by atoms with Gasteiger partial charge in [0.1, 0.15) is 5.60 Å². The fourth-order valence-electron chi connectivity index (χ4n) is 5.68. The Morgan fingerprint density at radius 1 is 1.27 bits per heavy atom. The molecule has 1 aromatic heterocycles. The van der Waals surface area contributed by atoms with E-state index in [2.05, 4.69) is 32.9 Å². The number of anilines is 1. The highest BCUT2D eigenvalue weighted by atomic mass is 79.9. The Balaban J connectivity index is 1.51. The van der Waals surface area contributed by atoms with Gasteiger partial charge in [0.05, 0.1) is 24.3 Å². The van der Waals surface area contributed by atoms with Gasteiger partial charge in [0.25, 0.3) is 6.43 Å². The molecule has 7 nitrogen and oxygen atoms in total. The minimum Gasteiger partial charge on any atom is -0.444 e. The molecular formula is C27H35BrF2N4O3. The van der Waals surface area contributed by atoms with Gasteiger partial charge in [-0.05, 0) is 63.6 Å². The van der Waals surface area contributed by atoms with E-state index in [1.165, 1.54) is 0 Å². The number of amides is 1. The number of nitrogens with one attached hydrogen (secondary N) is 1. The van der Waals surface area contributed by atoms with Gasteiger partial charge in [-0.2, -0.15) is 5.10 Å². The van der Waals surface area contributed by atoms with E-state index in [9.17, 15) is 13.6 Å². The summed E-state index contributed by atoms with van der Waals surface area (Å²) in [5, 5.41) is 8.68. The van der Waals surface area contributed by atoms with Gasteiger partial charge < -0.3 is 19.7 Å². The van der Waals surface area contributed by atoms with E-state index in [1.54, 1.807) is 11.0 Å². The molecule has 2 atom stereocenters. The van der Waals surface area contributed by atoms with Crippen LogP contribution in [0.25, 0.3) is 0 Å². The van der Waals surface area contributed by atoms with Crippen LogP contribution in [0.3, 0.4) is 0 Å². The maximum atomic E-state index is 13.7. The molecule has 0 bridgehead atoms. The highest BCUT2D eigenvalue weighted by Crippen LogP contribution is 2.45. The lowest BCUT2D eigenvalue weighted by Gasteiger charge is -2.34. The van der Waals surface area contributed by atoms with Crippen molar-refractivity contribution in [3.63, 3.8) is 0 Å². The number of nitrogens with zero attached hydrogens (tertiary/aromatic N) is 3. The van der Waals surface area contributed by atoms with Crippen LogP contribution in [0.5, 0.6) is 0 Å². The van der Waals surface area contributed by atoms with Gasteiger partial charge >= 0.3 is 6.09 Å². The van der Waals surface area contributed by atoms with Gasteiger partial charge in [0.15, 0.2) is 0 Å². The molecule has 37 heavy (non-hydrogen) atoms. The molecule has 3 aliphatic heterocycles. The number of fused-ring (bicyclic) bond motifs is 2. The average Bonchev–Trinajstić information content (AvgIpc) is 3.22. The van der Waals surface area contributed by atoms with Gasteiger partial charge in [-0.3, -0.25) is 4.68 Å². The van der Waals surface area contributed by atoms with Crippen molar-refractivity contribution in [1.29, 1.82) is 0 Å². The van der Waals surface area contributed by atoms with Crippen LogP contribution >= 0.6 is 15.9 Å². The summed E-state index contributed by atoms with van der Waals surface area (Å²) in [6.45, 7) is 10.1. The first-order valence-corrected chi connectivity index (χ1v) is 13.8. The third-order valence-electron chi connectivity index (χ3n) is 7.49. The van der Waals surface area contributed by atoms with E-state index in [0.717, 1.165) is 47.5 Å². The summed E-state index contributed by atoms with van der Waals surface area (Å²) in [6, 6.07) is 3.47. The number of benzene rings is 1. The SMILES string of the molecule is CC1CC(c2nn(C3CCOCC3)c3c2CN(C(=O)OC(C)(C)C)CC3)Nc2cc(C(F)F)c(Br)cc21. The van der Waals surface area contributed by atoms with Crippen LogP contribution in [0, 0.1) is 0 Å². The maximum Gasteiger partial charge on any atom is 0.410 e. The van der Waals surface area contributed by atoms with Gasteiger partial charge in [-0.1, -0.05) is 22.9 Å². The number of halogens is 3. The van der Waals surface area contributed by atoms with Gasteiger partial charge in [0, 0.05) is 53.2 Å². The molecule has 10 heteroatoms. The minimum absolute atomic E-state index is 0.0232. The highest BCUT2D eigenvalue weighted by molar-refractivity contribution is 9.10. The van der Waals surface area contributed by atoms with E-state index < -0.39 is 12.0 Å². The summed E-state index contributed by atoms with van der Waals surface area (Å²) in [7, 11) is 0. The second-order valence-corrected chi connectivity index (χ2v) is 12.2. The van der Waals surface area contributed by atoms with Crippen LogP contribution in [0.2, 0.25) is 0 Å². The predicted molar refractivity (Wildman–Crippen MR) is 140 cm³/mol. The van der Waals surface area contributed by atoms with E-state index in [-0.39, 0.29) is 29.7 Å². The van der Waals surface area contributed by atoms with Crippen LogP contribution < -0.4 is 5.32 Å². The van der Waals surface area contributed by atoms with Gasteiger partial charge in [-0.25, -0.2) is 13.6 Å². The first-order chi connectivity index (χ1) is 17.5. The monoisotopic (exact) mass is 580 g/mol. The second-order valence-electron chi connectivity index (χ2n) is 11.3. The molecule has 5 rings (SSSR count). The lowest BCUT2D eigenvalue weighted by molar-refractivity contribution is 0.0220. The third kappa shape index (κ3) is 5.37. The van der Waals surface area contributed by atoms with Crippen LogP contribution in [0.1, 0.15) is 99.5 Å². The molecule has 1 amide bonds. The zero-order chi connectivity index (χ0) is 26.5. The number of rotatable bonds is 3. The number of hydrogen-bond donors (Lipinski definition) is 1. The average molecular weight is 582 g/mol. The largest absolute Gasteiger partial charge is 0.444 e. The second kappa shape index (κ2) is 10.2. The summed E-state index contributed by atoms with van der Waals surface area (Å²) < 4.78 is 41.2. The Hall–Kier alpha value is -2.20. The summed E-state index contributed by atoms with van der Waals surface area (Å²) in [5.74, 6) is 0.152. The molecule has 2 unspecified atom stereocenters. The first kappa shape index (κ1) is 26.4. The number of carbonyl (C=O) groups is 1. The lowest BCUT2D eigenvalue weighted by Crippen LogP contribution is -2.40. The number of carbonyl (C=O) groups excluding carboxylic acids is 1. The zero-order valence-electron chi connectivity index (χ0n) is 21.8. The van der Waals surface area contributed by atoms with Crippen LogP contribution in [0.4, 0.5) is 19.3 Å². The molecule has 4 heterocycles. The Morgan fingerprint density at radius 3 is 2.68 bits per heavy atom. The van der Waals surface area contributed by atoms with Crippen molar-refractivity contribution in [2.45, 2.75) is 90.0 Å². The number of alkyl halides is 2. The standard InChI is InChI=1S/C27H35BrF2N4O3/c1-15-11-22(31-21-13-18(25(29)30)20(28)12-17(15)21)24-19-14-33(26(35)37-27(2,3)4)8-5-23(19)34(32-24)16-6-9-36-10-7-16/h12-13,15-16,22,25,31H,5-11,14H2,1-4H3. The molecule has 0 saturated carbocycles. The Morgan fingerprint density at radius 2 is 2.00 bits per heavy atom. The molecule has 2 aromatic rings. The molecule has 3 aliphatic rings. The van der Waals surface area contributed by atoms with Crippen molar-refractivity contribution < 1.29 is 23.0 Å². The summed E-state index contributed by atoms with van der Waals surface area (Å²) in [6.07, 6.45) is 0.362. The summed E-state index contributed by atoms with van der Waals surface area (Å²) in [5.41, 5.74) is 4.23. The molecule has 1 N–H and O–H groups in total. The highest BCUT2D eigenvalue weighted by Gasteiger charge is 2.36. The van der Waals surface area contributed by atoms with E-state index >= 15 is 0 Å². The molecule has 202 valence electrons. The molecule has 0 aliphatic carbocycles. The Bertz CT molecular complexity index is 1170. The number of hydrogen-bond acceptors (Lipinski definition) is 5. The number of ether oxygens (including phenoxy) is 2. The van der Waals surface area contributed by atoms with E-state index in [1.807, 2.05) is 26.8 Å². The molecular weight excluding hydrogens is 546 g/mol. The van der Waals surface area contributed by atoms with Crippen molar-refractivity contribution in [2.75, 3.05) is 25.1 Å². The summed E-state index contributed by atoms with van der Waals surface area (Å²) >= 11 is 3.32. The molecule has 0 spiro atoms. The Labute approximate surface area is 225 Å². The fraction of sp³-hybridized carbons (Fsp3) is 0.630. The first-order valence-electron chi connectivity index (χ1n) is 13.1. The van der Waals surface area contributed by atoms with Crippen molar-refractivity contribution in [1.82, 2.24) is 14.7 Å². The molecule has 1 saturated heterocycles. The maximum absolute atomic E-state index is 13.7. The van der Waals surface area contributed by atoms with Crippen LogP contribution in [0.15, 0.2) is 16.6 Å². The van der Waals surface area contributed by atoms with Crippen LogP contribution in [-0.4, -0.2) is 46.1 Å². The smallest absolute Gasteiger partial charge is 0.410 e. The van der Waals surface area contributed by atoms with Gasteiger partial charge in [-0.15, -0.1) is 0 Å². The Kier molecular flexibility index (Phi) is 7.26. The quantitative estimate of drug-likeness (QED) is 0.428. The molecule has 0 radical (unpaired) electrons. The molecule has 1 aromatic carbocycles. The van der Waals surface area contributed by atoms with Crippen molar-refractivity contribution >= 4 is 27.7 Å². The normalized spacial score (nSPS) is 22.4. The fourth-order valence-corrected chi connectivity index (χ4v) is 6.21. The van der Waals surface area contributed by atoms with E-state index in [0.29, 0.717) is 37.2 Å². The van der Waals surface area contributed by atoms with Gasteiger partial charge in [0.2, 0.25) is 0 Å². The summed E-state index contributed by atoms with van der Waals surface area (Å²) in [4.78, 5) is 14.7. The van der Waals surface area contributed by atoms with Crippen molar-refractivity contribution in [3.8, 4) is 0 Å². The van der Waals surface area contributed by atoms with Crippen LogP contribution in [-0.2, 0) is 22.4 Å². The topological polar surface area (TPSA) is 68.6 Å².